The molecule has 1 unspecified atom stereocenters. The molecule has 30 heteroatoms. The first-order valence-corrected chi connectivity index (χ1v) is 47.0. The number of rotatable bonds is 31. The van der Waals surface area contributed by atoms with E-state index in [4.69, 9.17) is 0 Å². The van der Waals surface area contributed by atoms with Gasteiger partial charge < -0.3 is 33.8 Å². The van der Waals surface area contributed by atoms with Crippen molar-refractivity contribution in [1.29, 1.82) is 0 Å². The Hall–Kier alpha value is -15.7. The summed E-state index contributed by atoms with van der Waals surface area (Å²) in [5, 5.41) is 23.9. The Balaban J connectivity index is 0.000000135. The molecule has 8 aliphatic heterocycles. The molecule has 2 atom stereocenters. The van der Waals surface area contributed by atoms with Gasteiger partial charge in [0, 0.05) is 97.7 Å². The summed E-state index contributed by atoms with van der Waals surface area (Å²) in [4.78, 5) is 149. The molecule has 0 saturated heterocycles. The number of aliphatic hydroxyl groups is 2. The molecule has 0 aliphatic carbocycles. The smallest absolute Gasteiger partial charge is 0.349 e. The first-order chi connectivity index (χ1) is 67.8. The van der Waals surface area contributed by atoms with Crippen molar-refractivity contribution >= 4 is 44.1 Å². The predicted molar refractivity (Wildman–Crippen MR) is 548 cm³/mol. The molecule has 8 aliphatic rings. The molecule has 712 valence electrons. The average Bonchev–Trinajstić information content (AvgIpc) is 0.766. The van der Waals surface area contributed by atoms with E-state index in [1.165, 1.54) is 27.8 Å². The van der Waals surface area contributed by atoms with Crippen LogP contribution in [0.4, 0.5) is 0 Å². The first-order valence-electron chi connectivity index (χ1n) is 47.0. The van der Waals surface area contributed by atoms with Gasteiger partial charge in [0.05, 0.1) is 50.2 Å². The second kappa shape index (κ2) is 45.1. The van der Waals surface area contributed by atoms with E-state index < -0.39 is 51.1 Å². The van der Waals surface area contributed by atoms with Crippen molar-refractivity contribution in [1.82, 2.24) is 98.1 Å². The number of benzene rings is 11. The summed E-state index contributed by atoms with van der Waals surface area (Å²) in [6, 6.07) is 87.5. The molecule has 0 aromatic heterocycles. The van der Waals surface area contributed by atoms with E-state index in [1.54, 1.807) is 0 Å². The van der Waals surface area contributed by atoms with Gasteiger partial charge in [-0.05, 0) is 213 Å². The van der Waals surface area contributed by atoms with Crippen LogP contribution in [0.2, 0.25) is 0 Å². The Bertz CT molecular complexity index is 7880. The van der Waals surface area contributed by atoms with E-state index in [2.05, 4.69) is 171 Å². The van der Waals surface area contributed by atoms with Crippen LogP contribution in [-0.4, -0.2) is 149 Å². The van der Waals surface area contributed by atoms with Gasteiger partial charge in [0.25, 0.3) is 22.2 Å². The van der Waals surface area contributed by atoms with E-state index in [0.717, 1.165) is 123 Å². The number of nitrogens with one attached hydrogen (secondary N) is 5. The van der Waals surface area contributed by atoms with Crippen molar-refractivity contribution in [3.05, 3.63) is 428 Å². The molecular formula is C110H112N20O10. The van der Waals surface area contributed by atoms with E-state index in [9.17, 15) is 48.6 Å². The summed E-state index contributed by atoms with van der Waals surface area (Å²) in [6.07, 6.45) is 1.80. The van der Waals surface area contributed by atoms with Crippen LogP contribution in [0.25, 0.3) is 90.2 Å². The minimum atomic E-state index is -0.697. The third-order valence-electron chi connectivity index (χ3n) is 25.5. The van der Waals surface area contributed by atoms with Crippen LogP contribution in [-0.2, 0) is 58.8 Å². The number of aryl methyl sites for hydroxylation is 8. The number of aliphatic hydroxyl groups excluding tert-OH is 2. The molecular weight excluding hydrogens is 1760 g/mol. The second-order valence-corrected chi connectivity index (χ2v) is 35.6. The molecule has 0 fully saturated rings. The largest absolute Gasteiger partial charge is 0.396 e. The zero-order valence-corrected chi connectivity index (χ0v) is 79.6. The summed E-state index contributed by atoms with van der Waals surface area (Å²) in [7, 11) is 0. The minimum Gasteiger partial charge on any atom is -0.396 e. The highest BCUT2D eigenvalue weighted by molar-refractivity contribution is 5.84. The third-order valence-corrected chi connectivity index (χ3v) is 25.5. The van der Waals surface area contributed by atoms with E-state index in [0.29, 0.717) is 105 Å². The second-order valence-electron chi connectivity index (χ2n) is 35.6. The predicted octanol–water partition coefficient (Wildman–Crippen LogP) is 13.6. The lowest BCUT2D eigenvalue weighted by atomic mass is 9.99. The number of fused-ring (bicyclic) bond motifs is 8. The average molecular weight is 1870 g/mol. The fourth-order valence-electron chi connectivity index (χ4n) is 17.6. The standard InChI is InChI=1S/C29H29N5O3.2C28H27N5O2.C25H29N5O3/c1-19-15-23-24(16-20(19)2)34(27-26(30-23)28(36)32-29(37)31-27)14-13-33(17-21-9-5-3-6-10-21)18-25(35)22-11-7-4-8-12-22;1-19-15-23-24(16-20(19)2)33(26-25(29-23)27(34)31-28(35)30-26)14-13-32(17-21-9-5-3-6-10-21)18-22-11-7-4-8-12-22;1-18-15-23-24(16-19(18)2)33(26-25(30-23)27(34)32-28(35)31-26)14-13-29-22(21-11-7-4-8-12-21)17-20-9-5-3-6-10-20;1-17-14-20-21(15-18(17)2)30(23-22(26-20)24(32)28-25(33)27-23)12-11-29(10-6-7-13-31)16-19-8-4-3-5-9-19/h3-12,15-16,25,35H,13-14,17-18H2,1-2H3,(H,32,36,37);3-12,15-16H,13-14,17-18H2,1-2H3,(H,31,34,35);3-12,15-16,22,29H,13-14,17H2,1-2H3,(H,32,34,35);3-5,8-9,14-15,31H,6-7,10-13,16H2,1-2H3,(H,28,32,33)/t25-;;;/m0.../s1. The van der Waals surface area contributed by atoms with Crippen LogP contribution in [0.3, 0.4) is 0 Å². The summed E-state index contributed by atoms with van der Waals surface area (Å²) in [6.45, 7) is 25.2. The zero-order valence-electron chi connectivity index (χ0n) is 79.6. The fourth-order valence-corrected chi connectivity index (χ4v) is 17.6. The van der Waals surface area contributed by atoms with Crippen molar-refractivity contribution in [2.75, 3.05) is 45.9 Å². The van der Waals surface area contributed by atoms with Crippen molar-refractivity contribution in [3.63, 3.8) is 0 Å². The number of unbranched alkanes of at least 4 members (excludes halogenated alkanes) is 1. The molecule has 7 N–H and O–H groups in total. The monoisotopic (exact) mass is 1870 g/mol. The van der Waals surface area contributed by atoms with Gasteiger partial charge in [-0.1, -0.05) is 212 Å². The van der Waals surface area contributed by atoms with Crippen LogP contribution in [0.15, 0.2) is 299 Å². The topological polar surface area (TPSA) is 385 Å². The lowest BCUT2D eigenvalue weighted by Gasteiger charge is -2.27. The highest BCUT2D eigenvalue weighted by Crippen LogP contribution is 2.31. The Morgan fingerprint density at radius 2 is 0.579 bits per heavy atom. The Kier molecular flexibility index (Phi) is 31.3. The molecule has 19 rings (SSSR count). The van der Waals surface area contributed by atoms with Gasteiger partial charge in [0.1, 0.15) is 0 Å². The van der Waals surface area contributed by atoms with E-state index in [-0.39, 0.29) is 41.2 Å². The van der Waals surface area contributed by atoms with Crippen LogP contribution >= 0.6 is 0 Å². The normalized spacial score (nSPS) is 12.0. The number of H-pyrrole nitrogens is 4. The first kappa shape index (κ1) is 97.4. The molecule has 0 amide bonds. The number of aromatic amines is 4. The molecule has 0 radical (unpaired) electrons. The van der Waals surface area contributed by atoms with Crippen molar-refractivity contribution < 1.29 is 10.2 Å². The van der Waals surface area contributed by atoms with Crippen LogP contribution in [0.5, 0.6) is 0 Å². The maximum absolute atomic E-state index is 12.6. The number of hydrogen-bond acceptors (Lipinski definition) is 22. The Morgan fingerprint density at radius 1 is 0.307 bits per heavy atom. The van der Waals surface area contributed by atoms with Gasteiger partial charge in [-0.2, -0.15) is 19.9 Å². The molecule has 0 spiro atoms. The Labute approximate surface area is 806 Å². The van der Waals surface area contributed by atoms with Crippen LogP contribution < -0.4 is 50.3 Å². The van der Waals surface area contributed by atoms with Crippen LogP contribution in [0, 0.1) is 55.4 Å². The summed E-state index contributed by atoms with van der Waals surface area (Å²) < 4.78 is 7.72. The quantitative estimate of drug-likeness (QED) is 0.0157. The Morgan fingerprint density at radius 3 is 0.907 bits per heavy atom. The maximum atomic E-state index is 12.6. The number of aromatic nitrogens is 16. The molecule has 11 aromatic carbocycles. The van der Waals surface area contributed by atoms with Gasteiger partial charge in [-0.25, -0.2) is 39.1 Å². The van der Waals surface area contributed by atoms with Crippen molar-refractivity contribution in [3.8, 4) is 46.1 Å². The SMILES string of the molecule is Cc1cc2nc3c(=O)[nH]c(=O)nc-3n(CCN(CCCCO)Cc3ccccc3)c2cc1C.Cc1cc2nc3c(=O)[nH]c(=O)nc-3n(CCN(Cc3ccccc3)C[C@H](O)c3ccccc3)c2cc1C.Cc1cc2nc3c(=O)[nH]c(=O)nc-3n(CCN(Cc3ccccc3)Cc3ccccc3)c2cc1C.Cc1cc2nc3c(=O)[nH]c(=O)nc-3n(CCNC(Cc3ccccc3)c3ccccc3)c2cc1C. The minimum absolute atomic E-state index is 0.106. The lowest BCUT2D eigenvalue weighted by Crippen LogP contribution is -2.33. The molecule has 140 heavy (non-hydrogen) atoms. The van der Waals surface area contributed by atoms with E-state index >= 15 is 0 Å². The third kappa shape index (κ3) is 23.9. The van der Waals surface area contributed by atoms with Gasteiger partial charge >= 0.3 is 22.8 Å². The molecule has 11 aromatic rings. The molecule has 0 saturated carbocycles. The summed E-state index contributed by atoms with van der Waals surface area (Å²) >= 11 is 0. The van der Waals surface area contributed by atoms with E-state index in [1.807, 2.05) is 244 Å². The number of hydrogen-bond donors (Lipinski definition) is 7. The van der Waals surface area contributed by atoms with Gasteiger partial charge in [0.2, 0.25) is 0 Å². The van der Waals surface area contributed by atoms with Crippen molar-refractivity contribution in [2.45, 2.75) is 139 Å². The van der Waals surface area contributed by atoms with Crippen LogP contribution in [0.1, 0.15) is 108 Å². The summed E-state index contributed by atoms with van der Waals surface area (Å²) in [5.41, 5.74) is 18.8. The highest BCUT2D eigenvalue weighted by atomic mass is 16.3. The maximum Gasteiger partial charge on any atom is 0.349 e. The summed E-state index contributed by atoms with van der Waals surface area (Å²) in [5.74, 6) is 1.17. The fraction of sp³-hybridized carbons (Fsp3) is 0.255. The highest BCUT2D eigenvalue weighted by Gasteiger charge is 2.27. The van der Waals surface area contributed by atoms with Gasteiger partial charge in [0.15, 0.2) is 46.1 Å². The van der Waals surface area contributed by atoms with Gasteiger partial charge in [-0.15, -0.1) is 0 Å². The zero-order chi connectivity index (χ0) is 98.0. The number of nitrogens with zero attached hydrogens (tertiary/aromatic N) is 15. The van der Waals surface area contributed by atoms with Gasteiger partial charge in [-0.3, -0.25) is 53.8 Å². The lowest BCUT2D eigenvalue weighted by molar-refractivity contribution is 0.107. The molecule has 8 heterocycles. The van der Waals surface area contributed by atoms with Crippen molar-refractivity contribution in [2.24, 2.45) is 0 Å². The molecule has 0 bridgehead atoms. The molecule has 30 nitrogen and oxygen atoms in total.